The van der Waals surface area contributed by atoms with Crippen LogP contribution in [0.2, 0.25) is 0 Å². The maximum absolute atomic E-state index is 12.9. The van der Waals surface area contributed by atoms with Crippen LogP contribution < -0.4 is 9.47 Å². The molecular weight excluding hydrogens is 306 g/mol. The van der Waals surface area contributed by atoms with Gasteiger partial charge < -0.3 is 19.5 Å². The number of rotatable bonds is 4. The molecule has 5 nitrogen and oxygen atoms in total. The van der Waals surface area contributed by atoms with Crippen molar-refractivity contribution in [2.24, 2.45) is 0 Å². The van der Waals surface area contributed by atoms with Gasteiger partial charge in [-0.25, -0.2) is 0 Å². The van der Waals surface area contributed by atoms with Gasteiger partial charge >= 0.3 is 0 Å². The van der Waals surface area contributed by atoms with Crippen LogP contribution in [-0.2, 0) is 11.2 Å². The topological polar surface area (TPSA) is 59.0 Å². The van der Waals surface area contributed by atoms with Crippen molar-refractivity contribution in [3.05, 3.63) is 42.0 Å². The lowest BCUT2D eigenvalue weighted by molar-refractivity contribution is -0.144. The predicted octanol–water partition coefficient (Wildman–Crippen LogP) is 2.53. The Labute approximate surface area is 142 Å². The Morgan fingerprint density at radius 3 is 2.50 bits per heavy atom. The molecule has 1 aromatic rings. The quantitative estimate of drug-likeness (QED) is 0.863. The van der Waals surface area contributed by atoms with Crippen molar-refractivity contribution in [2.45, 2.75) is 37.8 Å². The summed E-state index contributed by atoms with van der Waals surface area (Å²) in [5.41, 5.74) is 0.692. The number of hydrogen-bond acceptors (Lipinski definition) is 4. The SMILES string of the molecule is C=CC[C@@]1(O)C=C2c3cc(OC)c(OC)cc3CC(C)(C)N2C1=O. The molecule has 5 heteroatoms. The zero-order valence-electron chi connectivity index (χ0n) is 14.5. The van der Waals surface area contributed by atoms with Gasteiger partial charge in [0.25, 0.3) is 5.91 Å². The lowest BCUT2D eigenvalue weighted by Crippen LogP contribution is -2.53. The molecule has 128 valence electrons. The molecule has 2 aliphatic rings. The average molecular weight is 329 g/mol. The summed E-state index contributed by atoms with van der Waals surface area (Å²) in [5.74, 6) is 0.957. The highest BCUT2D eigenvalue weighted by atomic mass is 16.5. The summed E-state index contributed by atoms with van der Waals surface area (Å²) in [4.78, 5) is 14.6. The molecule has 0 spiro atoms. The Bertz CT molecular complexity index is 750. The summed E-state index contributed by atoms with van der Waals surface area (Å²) in [5, 5.41) is 10.8. The van der Waals surface area contributed by atoms with Gasteiger partial charge in [-0.3, -0.25) is 4.79 Å². The maximum Gasteiger partial charge on any atom is 0.263 e. The summed E-state index contributed by atoms with van der Waals surface area (Å²) < 4.78 is 10.8. The molecule has 3 rings (SSSR count). The Balaban J connectivity index is 2.22. The molecule has 1 aromatic carbocycles. The number of benzene rings is 1. The Morgan fingerprint density at radius 1 is 1.29 bits per heavy atom. The molecule has 2 heterocycles. The number of amides is 1. The number of hydrogen-bond donors (Lipinski definition) is 1. The van der Waals surface area contributed by atoms with Crippen LogP contribution >= 0.6 is 0 Å². The van der Waals surface area contributed by atoms with Crippen molar-refractivity contribution in [3.63, 3.8) is 0 Å². The zero-order chi connectivity index (χ0) is 17.7. The van der Waals surface area contributed by atoms with Gasteiger partial charge in [-0.05, 0) is 44.0 Å². The summed E-state index contributed by atoms with van der Waals surface area (Å²) in [6.07, 6.45) is 4.05. The highest BCUT2D eigenvalue weighted by Crippen LogP contribution is 2.47. The highest BCUT2D eigenvalue weighted by molar-refractivity contribution is 6.02. The van der Waals surface area contributed by atoms with Gasteiger partial charge in [-0.1, -0.05) is 6.08 Å². The van der Waals surface area contributed by atoms with E-state index in [-0.39, 0.29) is 12.3 Å². The molecule has 0 saturated carbocycles. The first-order chi connectivity index (χ1) is 11.3. The number of fused-ring (bicyclic) bond motifs is 3. The number of methoxy groups -OCH3 is 2. The zero-order valence-corrected chi connectivity index (χ0v) is 14.5. The van der Waals surface area contributed by atoms with Gasteiger partial charge in [0.15, 0.2) is 17.1 Å². The van der Waals surface area contributed by atoms with E-state index < -0.39 is 11.1 Å². The Kier molecular flexibility index (Phi) is 3.72. The minimum Gasteiger partial charge on any atom is -0.493 e. The van der Waals surface area contributed by atoms with Gasteiger partial charge in [-0.2, -0.15) is 0 Å². The normalized spacial score (nSPS) is 24.1. The van der Waals surface area contributed by atoms with Crippen LogP contribution in [0.5, 0.6) is 11.5 Å². The number of carbonyl (C=O) groups excluding carboxylic acids is 1. The van der Waals surface area contributed by atoms with Crippen LogP contribution in [-0.4, -0.2) is 41.3 Å². The van der Waals surface area contributed by atoms with E-state index in [2.05, 4.69) is 6.58 Å². The van der Waals surface area contributed by atoms with Crippen LogP contribution in [0.25, 0.3) is 5.70 Å². The lowest BCUT2D eigenvalue weighted by atomic mass is 9.84. The molecule has 0 radical (unpaired) electrons. The third-order valence-corrected chi connectivity index (χ3v) is 4.76. The first-order valence-corrected chi connectivity index (χ1v) is 7.93. The smallest absolute Gasteiger partial charge is 0.263 e. The number of aliphatic hydroxyl groups is 1. The predicted molar refractivity (Wildman–Crippen MR) is 91.9 cm³/mol. The molecule has 0 aliphatic carbocycles. The fraction of sp³-hybridized carbons (Fsp3) is 0.421. The van der Waals surface area contributed by atoms with Gasteiger partial charge in [-0.15, -0.1) is 6.58 Å². The van der Waals surface area contributed by atoms with E-state index in [1.165, 1.54) is 0 Å². The molecule has 2 aliphatic heterocycles. The molecule has 1 atom stereocenters. The van der Waals surface area contributed by atoms with Crippen LogP contribution in [0.1, 0.15) is 31.4 Å². The third-order valence-electron chi connectivity index (χ3n) is 4.76. The van der Waals surface area contributed by atoms with Crippen LogP contribution in [0.3, 0.4) is 0 Å². The summed E-state index contributed by atoms with van der Waals surface area (Å²) >= 11 is 0. The van der Waals surface area contributed by atoms with Gasteiger partial charge in [0.1, 0.15) is 0 Å². The minimum absolute atomic E-state index is 0.185. The van der Waals surface area contributed by atoms with Crippen molar-refractivity contribution in [3.8, 4) is 11.5 Å². The monoisotopic (exact) mass is 329 g/mol. The Morgan fingerprint density at radius 2 is 1.92 bits per heavy atom. The molecule has 24 heavy (non-hydrogen) atoms. The third kappa shape index (κ3) is 2.23. The van der Waals surface area contributed by atoms with Crippen LogP contribution in [0.15, 0.2) is 30.9 Å². The summed E-state index contributed by atoms with van der Waals surface area (Å²) in [7, 11) is 3.18. The standard InChI is InChI=1S/C19H23NO4/c1-6-7-19(22)11-14-13-9-16(24-5)15(23-4)8-12(13)10-18(2,3)20(14)17(19)21/h6,8-9,11,22H,1,7,10H2,2-5H3/t19-/m1/s1. The number of nitrogens with zero attached hydrogens (tertiary/aromatic N) is 1. The molecular formula is C19H23NO4. The van der Waals surface area contributed by atoms with Crippen LogP contribution in [0, 0.1) is 0 Å². The second-order valence-electron chi connectivity index (χ2n) is 6.94. The summed E-state index contributed by atoms with van der Waals surface area (Å²) in [6, 6.07) is 3.82. The van der Waals surface area contributed by atoms with Crippen molar-refractivity contribution >= 4 is 11.6 Å². The Hall–Kier alpha value is -2.27. The molecule has 0 aromatic heterocycles. The van der Waals surface area contributed by atoms with Crippen molar-refractivity contribution in [1.29, 1.82) is 0 Å². The van der Waals surface area contributed by atoms with E-state index >= 15 is 0 Å². The second-order valence-corrected chi connectivity index (χ2v) is 6.94. The van der Waals surface area contributed by atoms with Crippen molar-refractivity contribution in [2.75, 3.05) is 14.2 Å². The first-order valence-electron chi connectivity index (χ1n) is 7.93. The largest absolute Gasteiger partial charge is 0.493 e. The van der Waals surface area contributed by atoms with Gasteiger partial charge in [0, 0.05) is 17.5 Å². The minimum atomic E-state index is -1.54. The van der Waals surface area contributed by atoms with Gasteiger partial charge in [0.05, 0.1) is 19.9 Å². The fourth-order valence-electron chi connectivity index (χ4n) is 3.67. The van der Waals surface area contributed by atoms with E-state index in [9.17, 15) is 9.90 Å². The molecule has 0 fully saturated rings. The second kappa shape index (κ2) is 5.38. The first kappa shape index (κ1) is 16.6. The van der Waals surface area contributed by atoms with E-state index in [1.807, 2.05) is 26.0 Å². The number of carbonyl (C=O) groups is 1. The molecule has 0 unspecified atom stereocenters. The van der Waals surface area contributed by atoms with Gasteiger partial charge in [0.2, 0.25) is 0 Å². The molecule has 1 amide bonds. The average Bonchev–Trinajstić information content (AvgIpc) is 2.79. The molecule has 1 N–H and O–H groups in total. The van der Waals surface area contributed by atoms with Crippen LogP contribution in [0.4, 0.5) is 0 Å². The van der Waals surface area contributed by atoms with E-state index in [0.29, 0.717) is 17.9 Å². The fourth-order valence-corrected chi connectivity index (χ4v) is 3.67. The highest BCUT2D eigenvalue weighted by Gasteiger charge is 2.52. The maximum atomic E-state index is 12.9. The van der Waals surface area contributed by atoms with Crippen molar-refractivity contribution < 1.29 is 19.4 Å². The lowest BCUT2D eigenvalue weighted by Gasteiger charge is -2.43. The summed E-state index contributed by atoms with van der Waals surface area (Å²) in [6.45, 7) is 7.65. The van der Waals surface area contributed by atoms with Crippen molar-refractivity contribution in [1.82, 2.24) is 4.90 Å². The van der Waals surface area contributed by atoms with E-state index in [0.717, 1.165) is 16.8 Å². The van der Waals surface area contributed by atoms with E-state index in [4.69, 9.17) is 9.47 Å². The molecule has 0 bridgehead atoms. The molecule has 0 saturated heterocycles. The number of ether oxygens (including phenoxy) is 2. The van der Waals surface area contributed by atoms with E-state index in [1.54, 1.807) is 31.3 Å².